The lowest BCUT2D eigenvalue weighted by Crippen LogP contribution is -2.61. The van der Waals surface area contributed by atoms with E-state index in [1.165, 1.54) is 77.0 Å². The molecule has 14 heteroatoms. The van der Waals surface area contributed by atoms with E-state index in [9.17, 15) is 40.5 Å². The lowest BCUT2D eigenvalue weighted by atomic mass is 9.98. The Kier molecular flexibility index (Phi) is 36.2. The molecular weight excluding hydrogens is 849 g/mol. The zero-order valence-corrected chi connectivity index (χ0v) is 40.7. The van der Waals surface area contributed by atoms with E-state index in [1.807, 2.05) is 0 Å². The lowest BCUT2D eigenvalue weighted by molar-refractivity contribution is -0.332. The normalized spacial score (nSPS) is 26.7. The van der Waals surface area contributed by atoms with Gasteiger partial charge in [0.1, 0.15) is 54.9 Å². The van der Waals surface area contributed by atoms with Gasteiger partial charge in [-0.25, -0.2) is 0 Å². The summed E-state index contributed by atoms with van der Waals surface area (Å²) < 4.78 is 34.3. The van der Waals surface area contributed by atoms with Crippen molar-refractivity contribution in [3.05, 3.63) is 48.6 Å². The maximum absolute atomic E-state index is 13.0. The predicted octanol–water partition coefficient (Wildman–Crippen LogP) is 7.57. The lowest BCUT2D eigenvalue weighted by Gasteiger charge is -2.42. The Morgan fingerprint density at radius 1 is 0.515 bits per heavy atom. The summed E-state index contributed by atoms with van der Waals surface area (Å²) in [5, 5.41) is 72.1. The first kappa shape index (κ1) is 60.1. The summed E-state index contributed by atoms with van der Waals surface area (Å²) in [4.78, 5) is 13.0. The molecule has 11 unspecified atom stereocenters. The Morgan fingerprint density at radius 3 is 1.55 bits per heavy atom. The zero-order valence-electron chi connectivity index (χ0n) is 40.7. The third-order valence-electron chi connectivity index (χ3n) is 12.1. The highest BCUT2D eigenvalue weighted by molar-refractivity contribution is 5.69. The molecular formula is C52H92O14. The van der Waals surface area contributed by atoms with Gasteiger partial charge in [-0.05, 0) is 51.4 Å². The number of carbonyl (C=O) groups excluding carboxylic acids is 1. The third-order valence-corrected chi connectivity index (χ3v) is 12.1. The van der Waals surface area contributed by atoms with Gasteiger partial charge in [0.05, 0.1) is 26.4 Å². The zero-order chi connectivity index (χ0) is 48.0. The maximum atomic E-state index is 13.0. The predicted molar refractivity (Wildman–Crippen MR) is 256 cm³/mol. The molecule has 14 nitrogen and oxygen atoms in total. The van der Waals surface area contributed by atoms with E-state index < -0.39 is 86.7 Å². The Balaban J connectivity index is 1.78. The van der Waals surface area contributed by atoms with Crippen molar-refractivity contribution in [3.63, 3.8) is 0 Å². The summed E-state index contributed by atoms with van der Waals surface area (Å²) in [6, 6.07) is 0. The van der Waals surface area contributed by atoms with Gasteiger partial charge >= 0.3 is 5.97 Å². The molecule has 0 amide bonds. The third kappa shape index (κ3) is 27.2. The molecule has 0 aromatic carbocycles. The summed E-state index contributed by atoms with van der Waals surface area (Å²) in [5.41, 5.74) is 0. The van der Waals surface area contributed by atoms with Crippen molar-refractivity contribution in [1.29, 1.82) is 0 Å². The SMILES string of the molecule is CC/C=C\C/C=C\C/C=C\C/C=C\CCCCCCC(=O)OC(COCCCCCCCCCCCCCCCCC)COC1OC(COC2OC(CO)C(O)C(O)C2O)C(O)C(O)C1O. The highest BCUT2D eigenvalue weighted by Crippen LogP contribution is 2.26. The molecule has 2 rings (SSSR count). The number of esters is 1. The van der Waals surface area contributed by atoms with Crippen LogP contribution in [0.5, 0.6) is 0 Å². The molecule has 2 fully saturated rings. The van der Waals surface area contributed by atoms with Crippen LogP contribution in [-0.4, -0.2) is 142 Å². The Labute approximate surface area is 397 Å². The van der Waals surface area contributed by atoms with Crippen molar-refractivity contribution in [2.45, 2.75) is 242 Å². The van der Waals surface area contributed by atoms with Crippen LogP contribution >= 0.6 is 0 Å². The monoisotopic (exact) mass is 941 g/mol. The molecule has 384 valence electrons. The highest BCUT2D eigenvalue weighted by atomic mass is 16.7. The van der Waals surface area contributed by atoms with Crippen LogP contribution in [0.15, 0.2) is 48.6 Å². The molecule has 0 spiro atoms. The molecule has 2 aliphatic heterocycles. The molecule has 0 aromatic heterocycles. The number of aliphatic hydroxyl groups excluding tert-OH is 7. The number of carbonyl (C=O) groups is 1. The number of rotatable bonds is 40. The minimum absolute atomic E-state index is 0.0524. The fraction of sp³-hybridized carbons (Fsp3) is 0.827. The fourth-order valence-electron chi connectivity index (χ4n) is 7.92. The van der Waals surface area contributed by atoms with E-state index in [-0.39, 0.29) is 19.6 Å². The van der Waals surface area contributed by atoms with E-state index in [1.54, 1.807) is 0 Å². The van der Waals surface area contributed by atoms with Crippen molar-refractivity contribution in [1.82, 2.24) is 0 Å². The minimum Gasteiger partial charge on any atom is -0.457 e. The van der Waals surface area contributed by atoms with Crippen LogP contribution < -0.4 is 0 Å². The van der Waals surface area contributed by atoms with Crippen molar-refractivity contribution in [2.24, 2.45) is 0 Å². The second-order valence-corrected chi connectivity index (χ2v) is 18.0. The molecule has 0 saturated carbocycles. The molecule has 0 aliphatic carbocycles. The number of unbranched alkanes of at least 4 members (excludes halogenated alkanes) is 18. The average molecular weight is 941 g/mol. The van der Waals surface area contributed by atoms with E-state index >= 15 is 0 Å². The van der Waals surface area contributed by atoms with Gasteiger partial charge < -0.3 is 64.2 Å². The maximum Gasteiger partial charge on any atom is 0.306 e. The van der Waals surface area contributed by atoms with Gasteiger partial charge in [-0.1, -0.05) is 165 Å². The second kappa shape index (κ2) is 39.8. The highest BCUT2D eigenvalue weighted by Gasteiger charge is 2.47. The number of ether oxygens (including phenoxy) is 6. The molecule has 2 aliphatic rings. The summed E-state index contributed by atoms with van der Waals surface area (Å²) in [5.74, 6) is -0.399. The second-order valence-electron chi connectivity index (χ2n) is 18.0. The average Bonchev–Trinajstić information content (AvgIpc) is 3.31. The van der Waals surface area contributed by atoms with Gasteiger partial charge in [0, 0.05) is 13.0 Å². The van der Waals surface area contributed by atoms with Crippen LogP contribution in [0.4, 0.5) is 0 Å². The van der Waals surface area contributed by atoms with E-state index in [4.69, 9.17) is 28.4 Å². The number of aliphatic hydroxyl groups is 7. The quantitative estimate of drug-likeness (QED) is 0.0179. The topological polar surface area (TPSA) is 214 Å². The van der Waals surface area contributed by atoms with E-state index in [0.717, 1.165) is 70.6 Å². The smallest absolute Gasteiger partial charge is 0.306 e. The van der Waals surface area contributed by atoms with Crippen LogP contribution in [0.25, 0.3) is 0 Å². The summed E-state index contributed by atoms with van der Waals surface area (Å²) in [6.45, 7) is 3.55. The van der Waals surface area contributed by atoms with Gasteiger partial charge in [0.15, 0.2) is 12.6 Å². The number of allylic oxidation sites excluding steroid dienone is 8. The fourth-order valence-corrected chi connectivity index (χ4v) is 7.92. The van der Waals surface area contributed by atoms with Crippen molar-refractivity contribution < 1.29 is 69.0 Å². The van der Waals surface area contributed by atoms with Crippen LogP contribution in [0, 0.1) is 0 Å². The standard InChI is InChI=1S/C52H92O14/c1-3-5-7-9-11-13-15-17-19-20-21-23-25-27-29-31-33-35-44(54)64-41(38-61-36-34-32-30-28-26-24-22-18-16-14-12-10-8-6-4-2)39-62-51-50(60)48(58)46(56)43(66-51)40-63-52-49(59)47(57)45(55)42(37-53)65-52/h5,7,11,13,17,19,21,23,41-43,45-53,55-60H,3-4,6,8-10,12,14-16,18,20,22,24-40H2,1-2H3/b7-5-,13-11-,19-17-,23-21-. The van der Waals surface area contributed by atoms with Gasteiger partial charge in [-0.3, -0.25) is 4.79 Å². The van der Waals surface area contributed by atoms with Crippen LogP contribution in [0.3, 0.4) is 0 Å². The largest absolute Gasteiger partial charge is 0.457 e. The first-order chi connectivity index (χ1) is 32.1. The first-order valence-corrected chi connectivity index (χ1v) is 25.7. The summed E-state index contributed by atoms with van der Waals surface area (Å²) in [6.07, 6.45) is 28.8. The van der Waals surface area contributed by atoms with E-state index in [0.29, 0.717) is 13.0 Å². The van der Waals surface area contributed by atoms with Crippen LogP contribution in [-0.2, 0) is 33.2 Å². The van der Waals surface area contributed by atoms with Gasteiger partial charge in [-0.2, -0.15) is 0 Å². The first-order valence-electron chi connectivity index (χ1n) is 25.7. The van der Waals surface area contributed by atoms with Crippen LogP contribution in [0.2, 0.25) is 0 Å². The molecule has 0 radical (unpaired) electrons. The molecule has 2 saturated heterocycles. The number of hydrogen-bond acceptors (Lipinski definition) is 14. The van der Waals surface area contributed by atoms with Crippen molar-refractivity contribution >= 4 is 5.97 Å². The summed E-state index contributed by atoms with van der Waals surface area (Å²) in [7, 11) is 0. The Morgan fingerprint density at radius 2 is 0.985 bits per heavy atom. The molecule has 2 heterocycles. The Bertz CT molecular complexity index is 1280. The van der Waals surface area contributed by atoms with Crippen molar-refractivity contribution in [3.8, 4) is 0 Å². The van der Waals surface area contributed by atoms with E-state index in [2.05, 4.69) is 62.5 Å². The van der Waals surface area contributed by atoms with Gasteiger partial charge in [0.25, 0.3) is 0 Å². The molecule has 0 bridgehead atoms. The molecule has 7 N–H and O–H groups in total. The number of hydrogen-bond donors (Lipinski definition) is 7. The molecule has 0 aromatic rings. The van der Waals surface area contributed by atoms with Crippen LogP contribution in [0.1, 0.15) is 174 Å². The molecule has 66 heavy (non-hydrogen) atoms. The Hall–Kier alpha value is -2.05. The molecule has 11 atom stereocenters. The summed E-state index contributed by atoms with van der Waals surface area (Å²) >= 11 is 0. The van der Waals surface area contributed by atoms with Crippen molar-refractivity contribution in [2.75, 3.05) is 33.0 Å². The minimum atomic E-state index is -1.71. The van der Waals surface area contributed by atoms with Gasteiger partial charge in [0.2, 0.25) is 0 Å². The van der Waals surface area contributed by atoms with Gasteiger partial charge in [-0.15, -0.1) is 0 Å².